The fraction of sp³-hybridized carbons (Fsp3) is 1.00. The second kappa shape index (κ2) is 5.53. The van der Waals surface area contributed by atoms with E-state index in [2.05, 4.69) is 26.1 Å². The lowest BCUT2D eigenvalue weighted by molar-refractivity contribution is 0.203. The van der Waals surface area contributed by atoms with E-state index >= 15 is 0 Å². The molecular formula is C15H29N. The monoisotopic (exact) mass is 223 g/mol. The third-order valence-electron chi connectivity index (χ3n) is 5.20. The van der Waals surface area contributed by atoms with Crippen LogP contribution in [-0.2, 0) is 0 Å². The van der Waals surface area contributed by atoms with E-state index in [1.165, 1.54) is 44.9 Å². The molecule has 0 bridgehead atoms. The van der Waals surface area contributed by atoms with E-state index in [1.54, 1.807) is 0 Å². The van der Waals surface area contributed by atoms with E-state index in [4.69, 9.17) is 0 Å². The molecule has 94 valence electrons. The number of hydrogen-bond acceptors (Lipinski definition) is 1. The summed E-state index contributed by atoms with van der Waals surface area (Å²) < 4.78 is 0. The van der Waals surface area contributed by atoms with Gasteiger partial charge in [0.05, 0.1) is 0 Å². The van der Waals surface area contributed by atoms with Crippen molar-refractivity contribution in [2.75, 3.05) is 0 Å². The Morgan fingerprint density at radius 1 is 0.938 bits per heavy atom. The Morgan fingerprint density at radius 3 is 2.25 bits per heavy atom. The molecule has 2 fully saturated rings. The molecule has 0 spiro atoms. The van der Waals surface area contributed by atoms with Crippen LogP contribution in [0.1, 0.15) is 65.7 Å². The fourth-order valence-corrected chi connectivity index (χ4v) is 3.66. The Morgan fingerprint density at radius 2 is 1.62 bits per heavy atom. The van der Waals surface area contributed by atoms with Crippen molar-refractivity contribution in [1.82, 2.24) is 5.32 Å². The fourth-order valence-electron chi connectivity index (χ4n) is 3.66. The number of rotatable bonds is 3. The van der Waals surface area contributed by atoms with Gasteiger partial charge in [-0.3, -0.25) is 0 Å². The first-order chi connectivity index (χ1) is 7.66. The Balaban J connectivity index is 1.76. The predicted molar refractivity (Wildman–Crippen MR) is 70.5 cm³/mol. The molecule has 4 unspecified atom stereocenters. The summed E-state index contributed by atoms with van der Waals surface area (Å²) in [6, 6.07) is 1.56. The Labute approximate surface area is 101 Å². The van der Waals surface area contributed by atoms with E-state index in [9.17, 15) is 0 Å². The highest BCUT2D eigenvalue weighted by Gasteiger charge is 2.28. The van der Waals surface area contributed by atoms with E-state index in [0.29, 0.717) is 0 Å². The average molecular weight is 223 g/mol. The minimum absolute atomic E-state index is 0.758. The highest BCUT2D eigenvalue weighted by Crippen LogP contribution is 2.32. The molecule has 0 heterocycles. The first kappa shape index (κ1) is 12.4. The van der Waals surface area contributed by atoms with Crippen molar-refractivity contribution in [3.8, 4) is 0 Å². The van der Waals surface area contributed by atoms with Gasteiger partial charge in [-0.25, -0.2) is 0 Å². The van der Waals surface area contributed by atoms with Gasteiger partial charge in [0.25, 0.3) is 0 Å². The van der Waals surface area contributed by atoms with Gasteiger partial charge in [0.15, 0.2) is 0 Å². The number of nitrogens with one attached hydrogen (secondary N) is 1. The summed E-state index contributed by atoms with van der Waals surface area (Å²) in [5.74, 6) is 2.83. The molecule has 4 atom stereocenters. The maximum atomic E-state index is 3.91. The molecule has 0 saturated heterocycles. The molecule has 0 aromatic rings. The standard InChI is InChI=1S/C15H29N/c1-11-8-9-15(10-12(11)2)16-13(3)14-6-4-5-7-14/h11-16H,4-10H2,1-3H3. The summed E-state index contributed by atoms with van der Waals surface area (Å²) in [6.45, 7) is 7.26. The summed E-state index contributed by atoms with van der Waals surface area (Å²) >= 11 is 0. The van der Waals surface area contributed by atoms with Gasteiger partial charge in [-0.15, -0.1) is 0 Å². The van der Waals surface area contributed by atoms with Gasteiger partial charge in [-0.2, -0.15) is 0 Å². The molecule has 1 nitrogen and oxygen atoms in total. The first-order valence-electron chi connectivity index (χ1n) is 7.43. The summed E-state index contributed by atoms with van der Waals surface area (Å²) in [5, 5.41) is 3.91. The maximum Gasteiger partial charge on any atom is 0.00723 e. The second-order valence-electron chi connectivity index (χ2n) is 6.46. The van der Waals surface area contributed by atoms with Crippen LogP contribution in [0.25, 0.3) is 0 Å². The van der Waals surface area contributed by atoms with Crippen LogP contribution in [0.3, 0.4) is 0 Å². The minimum Gasteiger partial charge on any atom is -0.311 e. The van der Waals surface area contributed by atoms with Gasteiger partial charge in [0.2, 0.25) is 0 Å². The van der Waals surface area contributed by atoms with Gasteiger partial charge in [0, 0.05) is 12.1 Å². The van der Waals surface area contributed by atoms with Crippen LogP contribution in [0.15, 0.2) is 0 Å². The third-order valence-corrected chi connectivity index (χ3v) is 5.20. The van der Waals surface area contributed by atoms with Crippen molar-refractivity contribution in [3.05, 3.63) is 0 Å². The van der Waals surface area contributed by atoms with Crippen LogP contribution in [0.4, 0.5) is 0 Å². The second-order valence-corrected chi connectivity index (χ2v) is 6.46. The van der Waals surface area contributed by atoms with Crippen molar-refractivity contribution in [2.45, 2.75) is 77.8 Å². The first-order valence-corrected chi connectivity index (χ1v) is 7.43. The van der Waals surface area contributed by atoms with Crippen LogP contribution >= 0.6 is 0 Å². The van der Waals surface area contributed by atoms with Crippen LogP contribution < -0.4 is 5.32 Å². The van der Waals surface area contributed by atoms with Gasteiger partial charge in [0.1, 0.15) is 0 Å². The molecule has 0 radical (unpaired) electrons. The lowest BCUT2D eigenvalue weighted by Crippen LogP contribution is -2.43. The summed E-state index contributed by atoms with van der Waals surface area (Å²) in [5.41, 5.74) is 0. The number of hydrogen-bond donors (Lipinski definition) is 1. The summed E-state index contributed by atoms with van der Waals surface area (Å²) in [6.07, 6.45) is 10.1. The summed E-state index contributed by atoms with van der Waals surface area (Å²) in [7, 11) is 0. The van der Waals surface area contributed by atoms with Gasteiger partial charge in [-0.1, -0.05) is 26.7 Å². The average Bonchev–Trinajstić information content (AvgIpc) is 2.77. The lowest BCUT2D eigenvalue weighted by atomic mass is 9.78. The molecule has 16 heavy (non-hydrogen) atoms. The van der Waals surface area contributed by atoms with Crippen molar-refractivity contribution in [3.63, 3.8) is 0 Å². The smallest absolute Gasteiger partial charge is 0.00723 e. The van der Waals surface area contributed by atoms with Crippen molar-refractivity contribution < 1.29 is 0 Å². The van der Waals surface area contributed by atoms with Crippen molar-refractivity contribution >= 4 is 0 Å². The minimum atomic E-state index is 0.758. The molecule has 1 heteroatoms. The topological polar surface area (TPSA) is 12.0 Å². The van der Waals surface area contributed by atoms with Crippen LogP contribution in [0.2, 0.25) is 0 Å². The Kier molecular flexibility index (Phi) is 4.29. The summed E-state index contributed by atoms with van der Waals surface area (Å²) in [4.78, 5) is 0. The zero-order valence-corrected chi connectivity index (χ0v) is 11.3. The Hall–Kier alpha value is -0.0400. The van der Waals surface area contributed by atoms with Crippen molar-refractivity contribution in [2.24, 2.45) is 17.8 Å². The van der Waals surface area contributed by atoms with E-state index in [0.717, 1.165) is 29.8 Å². The van der Waals surface area contributed by atoms with Crippen LogP contribution in [0.5, 0.6) is 0 Å². The van der Waals surface area contributed by atoms with Crippen LogP contribution in [0, 0.1) is 17.8 Å². The van der Waals surface area contributed by atoms with Gasteiger partial charge >= 0.3 is 0 Å². The molecular weight excluding hydrogens is 194 g/mol. The SMILES string of the molecule is CC1CCC(NC(C)C2CCCC2)CC1C. The molecule has 2 rings (SSSR count). The zero-order chi connectivity index (χ0) is 11.5. The molecule has 1 N–H and O–H groups in total. The normalized spacial score (nSPS) is 38.8. The highest BCUT2D eigenvalue weighted by atomic mass is 15.0. The van der Waals surface area contributed by atoms with Crippen LogP contribution in [-0.4, -0.2) is 12.1 Å². The molecule has 0 aromatic heterocycles. The third kappa shape index (κ3) is 3.00. The molecule has 0 amide bonds. The largest absolute Gasteiger partial charge is 0.311 e. The lowest BCUT2D eigenvalue weighted by Gasteiger charge is -2.35. The predicted octanol–water partition coefficient (Wildman–Crippen LogP) is 3.98. The van der Waals surface area contributed by atoms with Gasteiger partial charge < -0.3 is 5.32 Å². The maximum absolute atomic E-state index is 3.91. The quantitative estimate of drug-likeness (QED) is 0.763. The highest BCUT2D eigenvalue weighted by molar-refractivity contribution is 4.85. The van der Waals surface area contributed by atoms with Crippen molar-refractivity contribution in [1.29, 1.82) is 0 Å². The van der Waals surface area contributed by atoms with E-state index in [1.807, 2.05) is 0 Å². The van der Waals surface area contributed by atoms with E-state index < -0.39 is 0 Å². The van der Waals surface area contributed by atoms with E-state index in [-0.39, 0.29) is 0 Å². The molecule has 2 aliphatic carbocycles. The molecule has 2 aliphatic rings. The zero-order valence-electron chi connectivity index (χ0n) is 11.3. The van der Waals surface area contributed by atoms with Gasteiger partial charge in [-0.05, 0) is 56.8 Å². The molecule has 2 saturated carbocycles. The molecule has 0 aliphatic heterocycles. The molecule has 0 aromatic carbocycles. The Bertz CT molecular complexity index is 207.